The second-order valence-corrected chi connectivity index (χ2v) is 43.6. The van der Waals surface area contributed by atoms with Gasteiger partial charge in [-0.1, -0.05) is 358 Å². The minimum atomic E-state index is -0.865. The molecule has 0 aliphatic carbocycles. The van der Waals surface area contributed by atoms with Gasteiger partial charge in [0, 0.05) is 48.9 Å². The maximum atomic E-state index is 6.30. The first-order valence-corrected chi connectivity index (χ1v) is 52.2. The van der Waals surface area contributed by atoms with E-state index in [-0.39, 0.29) is 0 Å². The topological polar surface area (TPSA) is 73.8 Å². The van der Waals surface area contributed by atoms with E-state index in [9.17, 15) is 0 Å². The van der Waals surface area contributed by atoms with Gasteiger partial charge < -0.3 is 37.9 Å². The monoisotopic (exact) mass is 1760 g/mol. The fourth-order valence-electron chi connectivity index (χ4n) is 18.5. The van der Waals surface area contributed by atoms with Crippen LogP contribution in [0.5, 0.6) is 46.0 Å². The Balaban J connectivity index is 0.000000104. The molecule has 0 saturated heterocycles. The quantitative estimate of drug-likeness (QED) is 0.0940. The number of benzene rings is 15. The number of aryl methyl sites for hydroxylation is 7. The second-order valence-electron chi connectivity index (χ2n) is 32.8. The molecule has 0 spiro atoms. The normalized spacial score (nSPS) is 14.7. The molecule has 8 aliphatic rings. The SMILES string of the molecule is c1cc2c(c(P(c3cccc4c3OCCC4)c3cccc4c3OCCC4)c1)OCCC2.c1ccc(P(c2cccc3c2OCCC3)c2cccc3c2OCCC3)cc1.c1ccc(P(c2ccccc2)c2cccc3c2OCC3)cc1.c1ccc(P(c2ccccc2)c2cccc3c2OCCC3)cc1.c1ccc(P(c2ccccc2)c2cccc3c2OCCCC3)cc1. The van der Waals surface area contributed by atoms with Crippen molar-refractivity contribution in [2.45, 2.75) is 103 Å². The van der Waals surface area contributed by atoms with Gasteiger partial charge in [0.2, 0.25) is 0 Å². The lowest BCUT2D eigenvalue weighted by atomic mass is 10.1. The van der Waals surface area contributed by atoms with Gasteiger partial charge in [-0.25, -0.2) is 0 Å². The zero-order valence-corrected chi connectivity index (χ0v) is 76.5. The maximum Gasteiger partial charge on any atom is 0.130 e. The highest BCUT2D eigenvalue weighted by molar-refractivity contribution is 7.82. The van der Waals surface area contributed by atoms with Gasteiger partial charge in [0.05, 0.1) is 52.9 Å². The van der Waals surface area contributed by atoms with Crippen molar-refractivity contribution in [2.75, 3.05) is 52.9 Å². The van der Waals surface area contributed by atoms with Crippen LogP contribution in [0, 0.1) is 0 Å². The Morgan fingerprint density at radius 2 is 0.291 bits per heavy atom. The number of rotatable bonds is 15. The summed E-state index contributed by atoms with van der Waals surface area (Å²) in [5.41, 5.74) is 10.7. The number of hydrogen-bond donors (Lipinski definition) is 0. The van der Waals surface area contributed by atoms with Crippen molar-refractivity contribution < 1.29 is 37.9 Å². The molecule has 8 aliphatic heterocycles. The Morgan fingerprint density at radius 3 is 0.512 bits per heavy atom. The van der Waals surface area contributed by atoms with Crippen molar-refractivity contribution in [3.8, 4) is 46.0 Å². The molecule has 0 aromatic heterocycles. The van der Waals surface area contributed by atoms with Crippen molar-refractivity contribution in [2.24, 2.45) is 0 Å². The van der Waals surface area contributed by atoms with Crippen LogP contribution in [0.3, 0.4) is 0 Å². The first-order valence-electron chi connectivity index (χ1n) is 45.5. The smallest absolute Gasteiger partial charge is 0.130 e. The molecule has 0 atom stereocenters. The summed E-state index contributed by atoms with van der Waals surface area (Å²) in [6.07, 6.45) is 17.6. The first-order chi connectivity index (χ1) is 63.1. The molecule has 636 valence electrons. The fraction of sp³-hybridized carbons (Fsp3) is 0.211. The molecule has 0 fully saturated rings. The predicted molar refractivity (Wildman–Crippen MR) is 536 cm³/mol. The minimum Gasteiger partial charge on any atom is -0.493 e. The van der Waals surface area contributed by atoms with E-state index in [1.54, 1.807) is 0 Å². The van der Waals surface area contributed by atoms with E-state index in [1.807, 2.05) is 0 Å². The summed E-state index contributed by atoms with van der Waals surface area (Å²) in [4.78, 5) is 0. The summed E-state index contributed by atoms with van der Waals surface area (Å²) < 4.78 is 49.6. The zero-order valence-electron chi connectivity index (χ0n) is 72.0. The minimum absolute atomic E-state index is 0.574. The Morgan fingerprint density at radius 1 is 0.126 bits per heavy atom. The third-order valence-electron chi connectivity index (χ3n) is 24.4. The fourth-order valence-corrected chi connectivity index (χ4v) is 31.1. The van der Waals surface area contributed by atoms with Crippen LogP contribution >= 0.6 is 39.6 Å². The molecule has 0 N–H and O–H groups in total. The van der Waals surface area contributed by atoms with Crippen molar-refractivity contribution in [3.05, 3.63) is 402 Å². The van der Waals surface area contributed by atoms with Gasteiger partial charge in [0.15, 0.2) is 0 Å². The summed E-state index contributed by atoms with van der Waals surface area (Å²) in [5.74, 6) is 8.83. The van der Waals surface area contributed by atoms with Crippen molar-refractivity contribution in [1.82, 2.24) is 0 Å². The highest BCUT2D eigenvalue weighted by atomic mass is 31.1. The summed E-state index contributed by atoms with van der Waals surface area (Å²) in [5, 5.41) is 20.1. The maximum absolute atomic E-state index is 6.30. The summed E-state index contributed by atoms with van der Waals surface area (Å²) in [7, 11) is -3.35. The molecule has 0 unspecified atom stereocenters. The number of para-hydroxylation sites is 8. The second kappa shape index (κ2) is 42.2. The van der Waals surface area contributed by atoms with Crippen LogP contribution in [-0.4, -0.2) is 52.9 Å². The largest absolute Gasteiger partial charge is 0.493 e. The third-order valence-corrected chi connectivity index (χ3v) is 36.7. The summed E-state index contributed by atoms with van der Waals surface area (Å²) in [6.45, 7) is 6.46. The van der Waals surface area contributed by atoms with E-state index in [0.717, 1.165) is 195 Å². The van der Waals surface area contributed by atoms with Crippen LogP contribution < -0.4 is 117 Å². The third kappa shape index (κ3) is 19.6. The van der Waals surface area contributed by atoms with Crippen LogP contribution in [0.4, 0.5) is 0 Å². The highest BCUT2D eigenvalue weighted by Crippen LogP contribution is 2.49. The highest BCUT2D eigenvalue weighted by Gasteiger charge is 2.35. The van der Waals surface area contributed by atoms with E-state index in [1.165, 1.54) is 130 Å². The molecule has 15 aromatic carbocycles. The summed E-state index contributed by atoms with van der Waals surface area (Å²) >= 11 is 0. The number of ether oxygens (including phenoxy) is 8. The van der Waals surface area contributed by atoms with E-state index >= 15 is 0 Å². The molecular formula is C114H107O8P5. The lowest BCUT2D eigenvalue weighted by Gasteiger charge is -2.31. The Kier molecular flexibility index (Phi) is 28.3. The lowest BCUT2D eigenvalue weighted by molar-refractivity contribution is 0.290. The molecule has 13 heteroatoms. The van der Waals surface area contributed by atoms with Gasteiger partial charge in [-0.05, 0) is 218 Å². The van der Waals surface area contributed by atoms with Gasteiger partial charge in [-0.3, -0.25) is 0 Å². The van der Waals surface area contributed by atoms with Crippen molar-refractivity contribution in [1.29, 1.82) is 0 Å². The van der Waals surface area contributed by atoms with Crippen LogP contribution in [0.15, 0.2) is 358 Å². The molecule has 0 bridgehead atoms. The molecule has 15 aromatic rings. The van der Waals surface area contributed by atoms with Gasteiger partial charge in [0.1, 0.15) is 46.0 Å². The molecule has 0 radical (unpaired) electrons. The molecule has 0 saturated carbocycles. The van der Waals surface area contributed by atoms with Gasteiger partial charge in [-0.2, -0.15) is 0 Å². The van der Waals surface area contributed by atoms with Gasteiger partial charge >= 0.3 is 0 Å². The van der Waals surface area contributed by atoms with Crippen molar-refractivity contribution in [3.63, 3.8) is 0 Å². The molecule has 8 nitrogen and oxygen atoms in total. The molecule has 0 amide bonds. The first kappa shape index (κ1) is 85.3. The van der Waals surface area contributed by atoms with E-state index < -0.39 is 39.6 Å². The average Bonchev–Trinajstić information content (AvgIpc) is 1.38. The molecule has 23 rings (SSSR count). The van der Waals surface area contributed by atoms with Crippen LogP contribution in [0.25, 0.3) is 0 Å². The lowest BCUT2D eigenvalue weighted by Crippen LogP contribution is -2.29. The average molecular weight is 1760 g/mol. The molecular weight excluding hydrogens is 1650 g/mol. The standard InChI is InChI=1S/C27H27O3P.C24H23O2P.C22H21OP.C21H19OP.C20H17OP/c1-7-19-10-4-16-28-25(19)22(13-1)31(23-14-2-8-20-11-5-17-29-26(20)23)24-15-3-9-21-12-6-18-30-27(21)24;1-2-12-20(13-3-1)27(21-14-4-8-18-10-6-16-25-23(18)21)22-15-5-9-19-11-7-17-26-24(19)22;1-3-12-19(13-4-1)24(20-14-5-2-6-15-20)21-16-9-11-18-10-7-8-17-23-22(18)21;1-3-11-18(12-4-1)23(19-13-5-2-6-14-19)20-15-7-9-17-10-8-16-22-21(17)20;1-3-9-17(10-4-1)22(18-11-5-2-6-12-18)19-13-7-8-16-14-15-21-20(16)19/h1-3,7-9,13-15H,4-6,10-12,16-18H2;1-5,8-9,12-15H,6-7,10-11,16-17H2;1-6,9,11-16H,7-8,10,17H2;1-7,9,11-15H,8,10,16H2;1-13H,14-15H2. The predicted octanol–water partition coefficient (Wildman–Crippen LogP) is 19.8. The van der Waals surface area contributed by atoms with Crippen molar-refractivity contribution >= 4 is 119 Å². The van der Waals surface area contributed by atoms with Crippen LogP contribution in [0.2, 0.25) is 0 Å². The van der Waals surface area contributed by atoms with Gasteiger partial charge in [-0.15, -0.1) is 0 Å². The molecule has 8 heterocycles. The van der Waals surface area contributed by atoms with Crippen LogP contribution in [-0.2, 0) is 51.4 Å². The molecule has 127 heavy (non-hydrogen) atoms. The van der Waals surface area contributed by atoms with E-state index in [4.69, 9.17) is 37.9 Å². The van der Waals surface area contributed by atoms with Gasteiger partial charge in [0.25, 0.3) is 0 Å². The Hall–Kier alpha value is -11.2. The summed E-state index contributed by atoms with van der Waals surface area (Å²) in [6, 6.07) is 129. The Bertz CT molecular complexity index is 5850. The number of fused-ring (bicyclic) bond motifs is 8. The number of hydrogen-bond acceptors (Lipinski definition) is 8. The van der Waals surface area contributed by atoms with Crippen LogP contribution in [0.1, 0.15) is 95.9 Å². The van der Waals surface area contributed by atoms with E-state index in [2.05, 4.69) is 358 Å². The zero-order chi connectivity index (χ0) is 85.1. The van der Waals surface area contributed by atoms with E-state index in [0.29, 0.717) is 0 Å². The Labute approximate surface area is 755 Å².